The Bertz CT molecular complexity index is 3210. The van der Waals surface area contributed by atoms with E-state index in [9.17, 15) is 0 Å². The number of rotatable bonds is 6. The Morgan fingerprint density at radius 1 is 0.286 bits per heavy atom. The lowest BCUT2D eigenvalue weighted by molar-refractivity contribution is 1.19. The molecule has 56 heavy (non-hydrogen) atoms. The van der Waals surface area contributed by atoms with Crippen molar-refractivity contribution in [2.24, 2.45) is 0 Å². The minimum atomic E-state index is 1.10. The van der Waals surface area contributed by atoms with Crippen LogP contribution in [0, 0.1) is 0 Å². The molecule has 2 heteroatoms. The van der Waals surface area contributed by atoms with E-state index >= 15 is 0 Å². The predicted molar refractivity (Wildman–Crippen MR) is 239 cm³/mol. The molecule has 0 amide bonds. The second-order valence-corrected chi connectivity index (χ2v) is 14.6. The van der Waals surface area contributed by atoms with E-state index in [0.717, 1.165) is 22.7 Å². The normalized spacial score (nSPS) is 11.6. The van der Waals surface area contributed by atoms with Crippen LogP contribution in [0.1, 0.15) is 0 Å². The molecule has 0 aliphatic rings. The van der Waals surface area contributed by atoms with Crippen molar-refractivity contribution in [3.05, 3.63) is 218 Å². The molecule has 0 radical (unpaired) electrons. The Kier molecular flexibility index (Phi) is 7.53. The van der Waals surface area contributed by atoms with Gasteiger partial charge in [0, 0.05) is 38.9 Å². The summed E-state index contributed by atoms with van der Waals surface area (Å²) in [6.45, 7) is 0. The number of benzene rings is 10. The number of hydrogen-bond acceptors (Lipinski definition) is 1. The van der Waals surface area contributed by atoms with E-state index < -0.39 is 0 Å². The average molecular weight is 713 g/mol. The molecule has 0 saturated heterocycles. The zero-order valence-electron chi connectivity index (χ0n) is 30.7. The van der Waals surface area contributed by atoms with E-state index in [1.807, 2.05) is 0 Å². The summed E-state index contributed by atoms with van der Waals surface area (Å²) < 4.78 is 2.44. The standard InChI is InChI=1S/C54H36N2/c1-3-11-37(12-4-1)38-21-27-45(28-22-38)55(47-31-34-49-43(35-47)20-19-40-13-7-9-17-48(40)49)46-29-23-39(24-30-46)42-26-32-51-52-33-25-41-14-8-10-18-50(41)54(52)56(53(51)36-42)44-15-5-2-6-16-44/h1-36H. The molecule has 0 N–H and O–H groups in total. The van der Waals surface area contributed by atoms with Crippen molar-refractivity contribution in [1.82, 2.24) is 4.57 Å². The summed E-state index contributed by atoms with van der Waals surface area (Å²) in [4.78, 5) is 2.37. The number of hydrogen-bond donors (Lipinski definition) is 0. The molecule has 11 aromatic rings. The fourth-order valence-electron chi connectivity index (χ4n) is 8.63. The van der Waals surface area contributed by atoms with E-state index in [1.54, 1.807) is 0 Å². The van der Waals surface area contributed by atoms with Crippen LogP contribution in [0.15, 0.2) is 218 Å². The van der Waals surface area contributed by atoms with Gasteiger partial charge in [0.2, 0.25) is 0 Å². The van der Waals surface area contributed by atoms with Crippen LogP contribution in [0.25, 0.3) is 82.1 Å². The van der Waals surface area contributed by atoms with Crippen LogP contribution in [0.4, 0.5) is 17.1 Å². The Hall–Kier alpha value is -7.42. The quantitative estimate of drug-likeness (QED) is 0.156. The van der Waals surface area contributed by atoms with Crippen molar-refractivity contribution in [2.75, 3.05) is 4.90 Å². The Morgan fingerprint density at radius 2 is 0.768 bits per heavy atom. The first-order valence-corrected chi connectivity index (χ1v) is 19.3. The molecule has 0 fully saturated rings. The van der Waals surface area contributed by atoms with Crippen molar-refractivity contribution >= 4 is 71.2 Å². The summed E-state index contributed by atoms with van der Waals surface area (Å²) in [7, 11) is 0. The van der Waals surface area contributed by atoms with Gasteiger partial charge < -0.3 is 9.47 Å². The monoisotopic (exact) mass is 712 g/mol. The van der Waals surface area contributed by atoms with Gasteiger partial charge >= 0.3 is 0 Å². The Morgan fingerprint density at radius 3 is 1.50 bits per heavy atom. The highest BCUT2D eigenvalue weighted by atomic mass is 15.1. The number of para-hydroxylation sites is 1. The summed E-state index contributed by atoms with van der Waals surface area (Å²) >= 11 is 0. The maximum absolute atomic E-state index is 2.44. The number of aromatic nitrogens is 1. The topological polar surface area (TPSA) is 8.17 Å². The first-order valence-electron chi connectivity index (χ1n) is 19.3. The van der Waals surface area contributed by atoms with Crippen molar-refractivity contribution < 1.29 is 0 Å². The fraction of sp³-hybridized carbons (Fsp3) is 0. The van der Waals surface area contributed by atoms with Crippen molar-refractivity contribution in [3.63, 3.8) is 0 Å². The number of nitrogens with zero attached hydrogens (tertiary/aromatic N) is 2. The van der Waals surface area contributed by atoms with Gasteiger partial charge in [0.05, 0.1) is 11.0 Å². The van der Waals surface area contributed by atoms with Crippen LogP contribution in [-0.2, 0) is 0 Å². The summed E-state index contributed by atoms with van der Waals surface area (Å²) in [5, 5.41) is 10.0. The summed E-state index contributed by atoms with van der Waals surface area (Å²) in [6, 6.07) is 79.4. The molecule has 262 valence electrons. The van der Waals surface area contributed by atoms with Gasteiger partial charge in [-0.3, -0.25) is 0 Å². The minimum absolute atomic E-state index is 1.10. The zero-order valence-corrected chi connectivity index (χ0v) is 30.7. The van der Waals surface area contributed by atoms with E-state index in [2.05, 4.69) is 228 Å². The van der Waals surface area contributed by atoms with Gasteiger partial charge in [-0.1, -0.05) is 164 Å². The minimum Gasteiger partial charge on any atom is -0.310 e. The van der Waals surface area contributed by atoms with Gasteiger partial charge in [-0.05, 0) is 104 Å². The van der Waals surface area contributed by atoms with E-state index in [0.29, 0.717) is 0 Å². The third-order valence-electron chi connectivity index (χ3n) is 11.3. The number of anilines is 3. The summed E-state index contributed by atoms with van der Waals surface area (Å²) in [5.74, 6) is 0. The van der Waals surface area contributed by atoms with Crippen LogP contribution in [-0.4, -0.2) is 4.57 Å². The van der Waals surface area contributed by atoms with Gasteiger partial charge in [0.15, 0.2) is 0 Å². The second kappa shape index (κ2) is 13.2. The lowest BCUT2D eigenvalue weighted by Gasteiger charge is -2.26. The molecule has 0 bridgehead atoms. The highest BCUT2D eigenvalue weighted by molar-refractivity contribution is 6.19. The maximum atomic E-state index is 2.44. The molecular formula is C54H36N2. The highest BCUT2D eigenvalue weighted by Gasteiger charge is 2.18. The van der Waals surface area contributed by atoms with Crippen LogP contribution in [0.2, 0.25) is 0 Å². The molecule has 1 heterocycles. The Labute approximate surface area is 325 Å². The molecule has 0 aliphatic carbocycles. The van der Waals surface area contributed by atoms with Crippen molar-refractivity contribution in [2.45, 2.75) is 0 Å². The lowest BCUT2D eigenvalue weighted by atomic mass is 10.00. The van der Waals surface area contributed by atoms with Crippen LogP contribution in [0.3, 0.4) is 0 Å². The maximum Gasteiger partial charge on any atom is 0.0619 e. The largest absolute Gasteiger partial charge is 0.310 e. The van der Waals surface area contributed by atoms with Crippen molar-refractivity contribution in [3.8, 4) is 27.9 Å². The molecule has 0 atom stereocenters. The molecule has 2 nitrogen and oxygen atoms in total. The number of fused-ring (bicyclic) bond motifs is 8. The van der Waals surface area contributed by atoms with Gasteiger partial charge in [-0.15, -0.1) is 0 Å². The molecular weight excluding hydrogens is 677 g/mol. The smallest absolute Gasteiger partial charge is 0.0619 e. The molecule has 1 aromatic heterocycles. The third kappa shape index (κ3) is 5.34. The highest BCUT2D eigenvalue weighted by Crippen LogP contribution is 2.41. The van der Waals surface area contributed by atoms with Crippen LogP contribution >= 0.6 is 0 Å². The van der Waals surface area contributed by atoms with Gasteiger partial charge in [-0.25, -0.2) is 0 Å². The van der Waals surface area contributed by atoms with E-state index in [-0.39, 0.29) is 0 Å². The molecule has 0 unspecified atom stereocenters. The lowest BCUT2D eigenvalue weighted by Crippen LogP contribution is -2.09. The van der Waals surface area contributed by atoms with Gasteiger partial charge in [-0.2, -0.15) is 0 Å². The van der Waals surface area contributed by atoms with Crippen LogP contribution < -0.4 is 4.90 Å². The molecule has 0 spiro atoms. The summed E-state index contributed by atoms with van der Waals surface area (Å²) in [5.41, 5.74) is 11.7. The average Bonchev–Trinajstić information content (AvgIpc) is 3.62. The fourth-order valence-corrected chi connectivity index (χ4v) is 8.63. The van der Waals surface area contributed by atoms with Gasteiger partial charge in [0.25, 0.3) is 0 Å². The second-order valence-electron chi connectivity index (χ2n) is 14.6. The van der Waals surface area contributed by atoms with E-state index in [4.69, 9.17) is 0 Å². The molecule has 0 aliphatic heterocycles. The predicted octanol–water partition coefficient (Wildman–Crippen LogP) is 15.0. The summed E-state index contributed by atoms with van der Waals surface area (Å²) in [6.07, 6.45) is 0. The molecule has 11 rings (SSSR count). The first kappa shape index (κ1) is 32.0. The SMILES string of the molecule is c1ccc(-c2ccc(N(c3ccc(-c4ccc5c6ccc7ccccc7c6n(-c6ccccc6)c5c4)cc3)c3ccc4c(ccc5ccccc54)c3)cc2)cc1. The van der Waals surface area contributed by atoms with Crippen molar-refractivity contribution in [1.29, 1.82) is 0 Å². The molecule has 10 aromatic carbocycles. The first-order chi connectivity index (χ1) is 27.8. The Balaban J connectivity index is 1.04. The van der Waals surface area contributed by atoms with Crippen LogP contribution in [0.5, 0.6) is 0 Å². The van der Waals surface area contributed by atoms with E-state index in [1.165, 1.54) is 76.4 Å². The van der Waals surface area contributed by atoms with Gasteiger partial charge in [0.1, 0.15) is 0 Å². The third-order valence-corrected chi connectivity index (χ3v) is 11.3. The molecule has 0 saturated carbocycles. The zero-order chi connectivity index (χ0) is 37.0.